The van der Waals surface area contributed by atoms with Crippen molar-refractivity contribution in [3.05, 3.63) is 76.3 Å². The Balaban J connectivity index is 1.29. The fourth-order valence-corrected chi connectivity index (χ4v) is 5.74. The molecule has 1 aliphatic rings. The topological polar surface area (TPSA) is 68.2 Å². The van der Waals surface area contributed by atoms with Gasteiger partial charge in [0.15, 0.2) is 10.9 Å². The molecular formula is C24H22N4O2S2. The number of fused-ring (bicyclic) bond motifs is 2. The SMILES string of the molecule is COC(=O)c1c(NC(=S)Nc2ccn(Cc3cccc4ccccc34)n2)sc2c1CCC2. The van der Waals surface area contributed by atoms with Gasteiger partial charge in [-0.3, -0.25) is 4.68 Å². The number of anilines is 2. The highest BCUT2D eigenvalue weighted by Gasteiger charge is 2.27. The number of rotatable bonds is 5. The van der Waals surface area contributed by atoms with Crippen molar-refractivity contribution < 1.29 is 9.53 Å². The largest absolute Gasteiger partial charge is 0.465 e. The second kappa shape index (κ2) is 8.72. The van der Waals surface area contributed by atoms with Crippen LogP contribution in [-0.4, -0.2) is 28.0 Å². The van der Waals surface area contributed by atoms with Crippen molar-refractivity contribution in [2.75, 3.05) is 17.7 Å². The molecule has 0 amide bonds. The number of thiocarbonyl (C=S) groups is 1. The lowest BCUT2D eigenvalue weighted by Gasteiger charge is -2.10. The summed E-state index contributed by atoms with van der Waals surface area (Å²) in [6.07, 6.45) is 4.88. The number of aryl methyl sites for hydroxylation is 1. The van der Waals surface area contributed by atoms with Gasteiger partial charge in [-0.05, 0) is 53.4 Å². The van der Waals surface area contributed by atoms with Crippen molar-refractivity contribution in [3.8, 4) is 0 Å². The van der Waals surface area contributed by atoms with E-state index in [4.69, 9.17) is 17.0 Å². The van der Waals surface area contributed by atoms with Crippen molar-refractivity contribution in [1.82, 2.24) is 9.78 Å². The summed E-state index contributed by atoms with van der Waals surface area (Å²) in [6.45, 7) is 0.660. The molecule has 6 nitrogen and oxygen atoms in total. The van der Waals surface area contributed by atoms with Crippen LogP contribution in [0.25, 0.3) is 10.8 Å². The molecule has 0 fully saturated rings. The van der Waals surface area contributed by atoms with Crippen LogP contribution < -0.4 is 10.6 Å². The molecule has 8 heteroatoms. The van der Waals surface area contributed by atoms with Gasteiger partial charge in [0, 0.05) is 17.1 Å². The standard InChI is InChI=1S/C24H22N4O2S2/c1-30-23(29)21-18-10-5-11-19(18)32-22(21)26-24(31)25-20-12-13-28(27-20)14-16-8-4-7-15-6-2-3-9-17(15)16/h2-4,6-9,12-13H,5,10-11,14H2,1H3,(H2,25,26,27,31). The Morgan fingerprint density at radius 1 is 1.16 bits per heavy atom. The number of esters is 1. The summed E-state index contributed by atoms with van der Waals surface area (Å²) in [6, 6.07) is 16.5. The Morgan fingerprint density at radius 3 is 2.88 bits per heavy atom. The predicted octanol–water partition coefficient (Wildman–Crippen LogP) is 5.23. The van der Waals surface area contributed by atoms with Gasteiger partial charge >= 0.3 is 5.97 Å². The fourth-order valence-electron chi connectivity index (χ4n) is 4.18. The summed E-state index contributed by atoms with van der Waals surface area (Å²) in [7, 11) is 1.41. The third-order valence-corrected chi connectivity index (χ3v) is 7.04. The highest BCUT2D eigenvalue weighted by atomic mass is 32.1. The van der Waals surface area contributed by atoms with Crippen molar-refractivity contribution in [1.29, 1.82) is 0 Å². The molecule has 0 spiro atoms. The molecule has 0 saturated heterocycles. The zero-order chi connectivity index (χ0) is 22.1. The van der Waals surface area contributed by atoms with Crippen molar-refractivity contribution in [2.45, 2.75) is 25.8 Å². The second-order valence-electron chi connectivity index (χ2n) is 7.67. The van der Waals surface area contributed by atoms with Gasteiger partial charge in [-0.15, -0.1) is 11.3 Å². The molecule has 0 atom stereocenters. The molecule has 4 aromatic rings. The first-order chi connectivity index (χ1) is 15.6. The van der Waals surface area contributed by atoms with Crippen LogP contribution in [-0.2, 0) is 24.1 Å². The number of carbonyl (C=O) groups excluding carboxylic acids is 1. The van der Waals surface area contributed by atoms with Crippen molar-refractivity contribution in [3.63, 3.8) is 0 Å². The first-order valence-corrected chi connectivity index (χ1v) is 11.7. The number of aromatic nitrogens is 2. The van der Waals surface area contributed by atoms with Gasteiger partial charge in [-0.25, -0.2) is 4.79 Å². The minimum absolute atomic E-state index is 0.325. The number of thiophene rings is 1. The van der Waals surface area contributed by atoms with E-state index in [0.29, 0.717) is 23.0 Å². The molecule has 1 aliphatic carbocycles. The van der Waals surface area contributed by atoms with Gasteiger partial charge < -0.3 is 15.4 Å². The third kappa shape index (κ3) is 3.99. The number of carbonyl (C=O) groups is 1. The normalized spacial score (nSPS) is 12.5. The van der Waals surface area contributed by atoms with Crippen molar-refractivity contribution >= 4 is 56.2 Å². The summed E-state index contributed by atoms with van der Waals surface area (Å²) in [5, 5.41) is 14.5. The molecular weight excluding hydrogens is 440 g/mol. The van der Waals surface area contributed by atoms with Gasteiger partial charge in [0.2, 0.25) is 0 Å². The lowest BCUT2D eigenvalue weighted by atomic mass is 10.0. The minimum atomic E-state index is -0.325. The Bertz CT molecular complexity index is 1320. The Kier molecular flexibility index (Phi) is 5.63. The first kappa shape index (κ1) is 20.7. The lowest BCUT2D eigenvalue weighted by molar-refractivity contribution is 0.0601. The summed E-state index contributed by atoms with van der Waals surface area (Å²) in [5.74, 6) is 0.320. The number of benzene rings is 2. The van der Waals surface area contributed by atoms with E-state index < -0.39 is 0 Å². The lowest BCUT2D eigenvalue weighted by Crippen LogP contribution is -2.20. The molecule has 0 bridgehead atoms. The van der Waals surface area contributed by atoms with E-state index in [1.54, 1.807) is 11.3 Å². The zero-order valence-corrected chi connectivity index (χ0v) is 19.2. The van der Waals surface area contributed by atoms with E-state index in [1.807, 2.05) is 23.0 Å². The van der Waals surface area contributed by atoms with Gasteiger partial charge in [-0.1, -0.05) is 42.5 Å². The maximum absolute atomic E-state index is 12.3. The van der Waals surface area contributed by atoms with E-state index in [9.17, 15) is 4.79 Å². The summed E-state index contributed by atoms with van der Waals surface area (Å²) in [4.78, 5) is 13.6. The third-order valence-electron chi connectivity index (χ3n) is 5.63. The molecule has 162 valence electrons. The van der Waals surface area contributed by atoms with Crippen LogP contribution in [0.15, 0.2) is 54.7 Å². The average molecular weight is 463 g/mol. The molecule has 2 heterocycles. The Labute approximate surface area is 195 Å². The molecule has 5 rings (SSSR count). The monoisotopic (exact) mass is 462 g/mol. The van der Waals surface area contributed by atoms with Gasteiger partial charge in [0.05, 0.1) is 19.2 Å². The molecule has 32 heavy (non-hydrogen) atoms. The molecule has 2 aromatic heterocycles. The average Bonchev–Trinajstić information content (AvgIpc) is 3.50. The summed E-state index contributed by atoms with van der Waals surface area (Å²) >= 11 is 7.07. The van der Waals surface area contributed by atoms with Gasteiger partial charge in [-0.2, -0.15) is 5.10 Å². The summed E-state index contributed by atoms with van der Waals surface area (Å²) < 4.78 is 6.88. The Morgan fingerprint density at radius 2 is 2.00 bits per heavy atom. The number of methoxy groups -OCH3 is 1. The van der Waals surface area contributed by atoms with Gasteiger partial charge in [0.1, 0.15) is 5.00 Å². The number of nitrogens with one attached hydrogen (secondary N) is 2. The molecule has 2 aromatic carbocycles. The number of ether oxygens (including phenoxy) is 1. The molecule has 0 saturated carbocycles. The van der Waals surface area contributed by atoms with Crippen LogP contribution in [0.2, 0.25) is 0 Å². The smallest absolute Gasteiger partial charge is 0.341 e. The van der Waals surface area contributed by atoms with E-state index in [0.717, 1.165) is 29.8 Å². The van der Waals surface area contributed by atoms with Crippen LogP contribution >= 0.6 is 23.6 Å². The molecule has 0 unspecified atom stereocenters. The van der Waals surface area contributed by atoms with Crippen LogP contribution in [0, 0.1) is 0 Å². The molecule has 2 N–H and O–H groups in total. The van der Waals surface area contributed by atoms with Crippen molar-refractivity contribution in [2.24, 2.45) is 0 Å². The van der Waals surface area contributed by atoms with Crippen LogP contribution in [0.3, 0.4) is 0 Å². The van der Waals surface area contributed by atoms with E-state index in [1.165, 1.54) is 28.3 Å². The highest BCUT2D eigenvalue weighted by molar-refractivity contribution is 7.80. The van der Waals surface area contributed by atoms with E-state index in [2.05, 4.69) is 52.1 Å². The number of nitrogens with zero attached hydrogens (tertiary/aromatic N) is 2. The van der Waals surface area contributed by atoms with Crippen LogP contribution in [0.5, 0.6) is 0 Å². The maximum atomic E-state index is 12.3. The molecule has 0 radical (unpaired) electrons. The van der Waals surface area contributed by atoms with E-state index >= 15 is 0 Å². The predicted molar refractivity (Wildman–Crippen MR) is 133 cm³/mol. The van der Waals surface area contributed by atoms with E-state index in [-0.39, 0.29) is 5.97 Å². The quantitative estimate of drug-likeness (QED) is 0.313. The highest BCUT2D eigenvalue weighted by Crippen LogP contribution is 2.39. The van der Waals surface area contributed by atoms with Gasteiger partial charge in [0.25, 0.3) is 0 Å². The Hall–Kier alpha value is -3.23. The number of hydrogen-bond acceptors (Lipinski definition) is 5. The second-order valence-corrected chi connectivity index (χ2v) is 9.18. The van der Waals surface area contributed by atoms with Crippen LogP contribution in [0.1, 0.15) is 32.8 Å². The molecule has 0 aliphatic heterocycles. The minimum Gasteiger partial charge on any atom is -0.465 e. The number of hydrogen-bond donors (Lipinski definition) is 2. The maximum Gasteiger partial charge on any atom is 0.341 e. The fraction of sp³-hybridized carbons (Fsp3) is 0.208. The summed E-state index contributed by atoms with van der Waals surface area (Å²) in [5.41, 5.74) is 2.90. The van der Waals surface area contributed by atoms with Crippen LogP contribution in [0.4, 0.5) is 10.8 Å². The first-order valence-electron chi connectivity index (χ1n) is 10.4. The zero-order valence-electron chi connectivity index (χ0n) is 17.6.